The van der Waals surface area contributed by atoms with Crippen LogP contribution in [0.4, 0.5) is 0 Å². The summed E-state index contributed by atoms with van der Waals surface area (Å²) in [5.74, 6) is 0. The first-order valence-corrected chi connectivity index (χ1v) is 23.8. The lowest BCUT2D eigenvalue weighted by molar-refractivity contribution is 0.589. The molecule has 6 rings (SSSR count). The summed E-state index contributed by atoms with van der Waals surface area (Å²) in [5, 5.41) is 21.9. The molecule has 0 spiro atoms. The summed E-state index contributed by atoms with van der Waals surface area (Å²) in [6.07, 6.45) is 9.49. The molecule has 5 aromatic carbocycles. The second-order valence-electron chi connectivity index (χ2n) is 23.7. The quantitative estimate of drug-likeness (QED) is 0.145. The van der Waals surface area contributed by atoms with E-state index in [9.17, 15) is 10.5 Å². The first kappa shape index (κ1) is 51.6. The summed E-state index contributed by atoms with van der Waals surface area (Å²) < 4.78 is 0. The maximum atomic E-state index is 10.9. The van der Waals surface area contributed by atoms with Crippen LogP contribution in [0, 0.1) is 42.4 Å². The highest BCUT2D eigenvalue weighted by atomic mass is 14.7. The van der Waals surface area contributed by atoms with E-state index in [1.54, 1.807) is 0 Å². The Kier molecular flexibility index (Phi) is 14.3. The van der Waals surface area contributed by atoms with Gasteiger partial charge in [-0.3, -0.25) is 0 Å². The molecule has 0 saturated carbocycles. The van der Waals surface area contributed by atoms with Crippen LogP contribution in [-0.4, -0.2) is 0 Å². The molecule has 1 aliphatic carbocycles. The molecule has 10 bridgehead atoms. The van der Waals surface area contributed by atoms with Crippen molar-refractivity contribution in [1.82, 2.24) is 0 Å². The molecule has 0 amide bonds. The molecular weight excluding hydrogens is 851 g/mol. The molecular formula is C65H65N5. The van der Waals surface area contributed by atoms with Crippen molar-refractivity contribution in [3.8, 4) is 12.1 Å². The highest BCUT2D eigenvalue weighted by Gasteiger charge is 2.23. The van der Waals surface area contributed by atoms with Crippen molar-refractivity contribution < 1.29 is 0 Å². The number of hydrogen-bond donors (Lipinski definition) is 0. The summed E-state index contributed by atoms with van der Waals surface area (Å²) in [6.45, 7) is 57.8. The van der Waals surface area contributed by atoms with Gasteiger partial charge < -0.3 is 0 Å². The molecule has 0 radical (unpaired) electrons. The van der Waals surface area contributed by atoms with Gasteiger partial charge in [-0.2, -0.15) is 10.5 Å². The predicted octanol–water partition coefficient (Wildman–Crippen LogP) is 17.9. The normalized spacial score (nSPS) is 17.4. The van der Waals surface area contributed by atoms with Gasteiger partial charge in [-0.15, -0.1) is 0 Å². The second-order valence-corrected chi connectivity index (χ2v) is 23.7. The molecule has 0 N–H and O–H groups in total. The van der Waals surface area contributed by atoms with E-state index in [4.69, 9.17) is 19.7 Å². The van der Waals surface area contributed by atoms with E-state index < -0.39 is 0 Å². The van der Waals surface area contributed by atoms with E-state index in [1.165, 1.54) is 0 Å². The third kappa shape index (κ3) is 12.1. The molecule has 0 aliphatic heterocycles. The van der Waals surface area contributed by atoms with Crippen LogP contribution in [0.2, 0.25) is 0 Å². The van der Waals surface area contributed by atoms with Crippen molar-refractivity contribution in [2.75, 3.05) is 0 Å². The molecule has 0 saturated heterocycles. The number of rotatable bonds is 0. The van der Waals surface area contributed by atoms with E-state index in [0.717, 1.165) is 77.9 Å². The number of benzene rings is 5. The smallest absolute Gasteiger partial charge is 0.194 e. The average Bonchev–Trinajstić information content (AvgIpc) is 3.27. The van der Waals surface area contributed by atoms with Crippen molar-refractivity contribution in [1.29, 1.82) is 10.5 Å². The fraction of sp³-hybridized carbons (Fsp3) is 0.308. The Bertz CT molecular complexity index is 2790. The van der Waals surface area contributed by atoms with Crippen LogP contribution in [0.25, 0.3) is 73.2 Å². The molecule has 70 heavy (non-hydrogen) atoms. The SMILES string of the molecule is [C-]#[N+]/C1=C\c2cc(cc(C(C)(C)C)c2)/C(C#N)=C/c2cc(cc(C(C)(C)C)c2)/C(C#N)=C/c2cc(cc(C(C)(C)C)c2)/C([N+]#[C-])=C/c2cc(cc(C(C)(C)C)c2)/C([N+]#[C-])=C/c2cc1cc(C(C)(C)C)c2. The van der Waals surface area contributed by atoms with Crippen LogP contribution < -0.4 is 0 Å². The number of fused-ring (bicyclic) bond motifs is 10. The molecule has 5 nitrogen and oxygen atoms in total. The van der Waals surface area contributed by atoms with E-state index in [-0.39, 0.29) is 27.1 Å². The van der Waals surface area contributed by atoms with Gasteiger partial charge in [0.15, 0.2) is 17.1 Å². The van der Waals surface area contributed by atoms with Gasteiger partial charge in [0.05, 0.1) is 43.0 Å². The predicted molar refractivity (Wildman–Crippen MR) is 296 cm³/mol. The van der Waals surface area contributed by atoms with E-state index >= 15 is 0 Å². The van der Waals surface area contributed by atoms with Gasteiger partial charge in [0.25, 0.3) is 0 Å². The van der Waals surface area contributed by atoms with Gasteiger partial charge in [-0.25, -0.2) is 14.5 Å². The maximum absolute atomic E-state index is 10.9. The Labute approximate surface area is 419 Å². The van der Waals surface area contributed by atoms with E-state index in [1.807, 2.05) is 60.7 Å². The summed E-state index contributed by atoms with van der Waals surface area (Å²) >= 11 is 0. The molecule has 5 aromatic rings. The zero-order valence-electron chi connectivity index (χ0n) is 43.8. The minimum absolute atomic E-state index is 0.282. The number of hydrogen-bond acceptors (Lipinski definition) is 2. The van der Waals surface area contributed by atoms with Crippen molar-refractivity contribution in [3.05, 3.63) is 209 Å². The molecule has 0 atom stereocenters. The first-order chi connectivity index (χ1) is 32.5. The van der Waals surface area contributed by atoms with E-state index in [0.29, 0.717) is 33.8 Å². The molecule has 0 heterocycles. The highest BCUT2D eigenvalue weighted by molar-refractivity contribution is 5.96. The third-order valence-corrected chi connectivity index (χ3v) is 12.8. The average molecular weight is 916 g/mol. The zero-order chi connectivity index (χ0) is 51.7. The van der Waals surface area contributed by atoms with Gasteiger partial charge in [0, 0.05) is 0 Å². The molecule has 350 valence electrons. The Morgan fingerprint density at radius 1 is 0.300 bits per heavy atom. The van der Waals surface area contributed by atoms with Crippen LogP contribution >= 0.6 is 0 Å². The second kappa shape index (κ2) is 19.3. The molecule has 0 unspecified atom stereocenters. The van der Waals surface area contributed by atoms with E-state index in [2.05, 4.69) is 191 Å². The standard InChI is InChI=1S/C65H65N5/c1-61(2,3)53-26-41-19-46(34-53)52(40-67)25-42-21-48(36-55(27-42)63(7,8)9)59(69-17)32-44-23-50(38-57(29-44)65(13,14)15)60(70-18)33-45-22-49(37-56(30-45)64(10,11)12)58(68-16)31-43-20-47(51(24-41)39-66)35-54(28-43)62(4,5)6/h19-38H,1-15H3/b51-24+,52-25+,58-31-,59-32-,60-33-. The summed E-state index contributed by atoms with van der Waals surface area (Å²) in [7, 11) is 0. The van der Waals surface area contributed by atoms with Crippen LogP contribution in [0.5, 0.6) is 0 Å². The molecule has 0 fully saturated rings. The largest absolute Gasteiger partial charge is 0.238 e. The zero-order valence-corrected chi connectivity index (χ0v) is 43.8. The lowest BCUT2D eigenvalue weighted by atomic mass is 9.82. The van der Waals surface area contributed by atoms with Gasteiger partial charge in [0.2, 0.25) is 0 Å². The van der Waals surface area contributed by atoms with Crippen LogP contribution in [0.1, 0.15) is 187 Å². The summed E-state index contributed by atoms with van der Waals surface area (Å²) in [6, 6.07) is 35.7. The monoisotopic (exact) mass is 916 g/mol. The third-order valence-electron chi connectivity index (χ3n) is 12.8. The first-order valence-electron chi connectivity index (χ1n) is 23.8. The van der Waals surface area contributed by atoms with Crippen LogP contribution in [-0.2, 0) is 27.1 Å². The summed E-state index contributed by atoms with van der Waals surface area (Å²) in [4.78, 5) is 12.4. The minimum Gasteiger partial charge on any atom is -0.238 e. The highest BCUT2D eigenvalue weighted by Crippen LogP contribution is 2.38. The van der Waals surface area contributed by atoms with Gasteiger partial charge in [-0.05, 0) is 165 Å². The van der Waals surface area contributed by atoms with Crippen LogP contribution in [0.3, 0.4) is 0 Å². The van der Waals surface area contributed by atoms with Crippen molar-refractivity contribution in [2.45, 2.75) is 131 Å². The Hall–Kier alpha value is -7.75. The fourth-order valence-corrected chi connectivity index (χ4v) is 8.30. The summed E-state index contributed by atoms with van der Waals surface area (Å²) in [5.41, 5.74) is 13.4. The molecule has 0 aromatic heterocycles. The minimum atomic E-state index is -0.290. The Morgan fingerprint density at radius 2 is 0.500 bits per heavy atom. The van der Waals surface area contributed by atoms with Crippen LogP contribution in [0.15, 0.2) is 91.0 Å². The number of nitrogens with zero attached hydrogens (tertiary/aromatic N) is 5. The number of allylic oxidation sites excluding steroid dienone is 2. The Balaban J connectivity index is 1.80. The lowest BCUT2D eigenvalue weighted by Crippen LogP contribution is -2.12. The van der Waals surface area contributed by atoms with Crippen molar-refractivity contribution >= 4 is 58.6 Å². The Morgan fingerprint density at radius 3 is 0.700 bits per heavy atom. The molecule has 1 aliphatic rings. The molecule has 5 heteroatoms. The van der Waals surface area contributed by atoms with Crippen molar-refractivity contribution in [2.24, 2.45) is 0 Å². The lowest BCUT2D eigenvalue weighted by Gasteiger charge is -2.22. The fourth-order valence-electron chi connectivity index (χ4n) is 8.30. The van der Waals surface area contributed by atoms with Gasteiger partial charge in [-0.1, -0.05) is 171 Å². The van der Waals surface area contributed by atoms with Gasteiger partial charge in [0.1, 0.15) is 0 Å². The van der Waals surface area contributed by atoms with Crippen molar-refractivity contribution in [3.63, 3.8) is 0 Å². The number of nitriles is 2. The topological polar surface area (TPSA) is 60.7 Å². The maximum Gasteiger partial charge on any atom is 0.194 e. The van der Waals surface area contributed by atoms with Gasteiger partial charge >= 0.3 is 0 Å².